The predicted octanol–water partition coefficient (Wildman–Crippen LogP) is 1.80. The minimum Gasteiger partial charge on any atom is -0.399 e. The molecular formula is C9H5ClN2. The summed E-state index contributed by atoms with van der Waals surface area (Å²) in [5.41, 5.74) is 6.66. The Labute approximate surface area is 75.6 Å². The van der Waals surface area contributed by atoms with Crippen molar-refractivity contribution in [1.82, 2.24) is 0 Å². The van der Waals surface area contributed by atoms with Crippen LogP contribution in [0.15, 0.2) is 18.2 Å². The van der Waals surface area contributed by atoms with Crippen LogP contribution in [0.25, 0.3) is 0 Å². The summed E-state index contributed by atoms with van der Waals surface area (Å²) < 4.78 is 0. The van der Waals surface area contributed by atoms with Crippen molar-refractivity contribution < 1.29 is 0 Å². The van der Waals surface area contributed by atoms with E-state index in [2.05, 4.69) is 11.8 Å². The number of nitrogens with zero attached hydrogens (tertiary/aromatic N) is 1. The molecule has 12 heavy (non-hydrogen) atoms. The number of hydrogen-bond donors (Lipinski definition) is 1. The monoisotopic (exact) mass is 176 g/mol. The maximum atomic E-state index is 8.18. The van der Waals surface area contributed by atoms with E-state index in [0.29, 0.717) is 16.3 Å². The molecule has 0 unspecified atom stereocenters. The van der Waals surface area contributed by atoms with Gasteiger partial charge in [-0.1, -0.05) is 11.6 Å². The number of nitriles is 1. The molecule has 1 aromatic rings. The lowest BCUT2D eigenvalue weighted by atomic mass is 10.2. The first-order valence-electron chi connectivity index (χ1n) is 3.19. The molecule has 0 bridgehead atoms. The Morgan fingerprint density at radius 3 is 2.75 bits per heavy atom. The largest absolute Gasteiger partial charge is 0.399 e. The molecule has 58 valence electrons. The van der Waals surface area contributed by atoms with Gasteiger partial charge in [0.15, 0.2) is 6.07 Å². The molecule has 0 saturated carbocycles. The highest BCUT2D eigenvalue weighted by atomic mass is 35.5. The summed E-state index contributed by atoms with van der Waals surface area (Å²) in [7, 11) is 0. The fourth-order valence-corrected chi connectivity index (χ4v) is 0.964. The van der Waals surface area contributed by atoms with Crippen molar-refractivity contribution in [3.05, 3.63) is 28.8 Å². The van der Waals surface area contributed by atoms with Crippen molar-refractivity contribution in [2.45, 2.75) is 0 Å². The summed E-state index contributed by atoms with van der Waals surface area (Å²) in [5, 5.41) is 8.65. The van der Waals surface area contributed by atoms with Crippen LogP contribution in [0.3, 0.4) is 0 Å². The Balaban J connectivity index is 3.12. The Bertz CT molecular complexity index is 393. The molecule has 0 fully saturated rings. The fraction of sp³-hybridized carbons (Fsp3) is 0. The number of hydrogen-bond acceptors (Lipinski definition) is 2. The molecule has 0 radical (unpaired) electrons. The Hall–Kier alpha value is -1.64. The molecule has 2 N–H and O–H groups in total. The third-order valence-electron chi connectivity index (χ3n) is 1.25. The second-order valence-corrected chi connectivity index (χ2v) is 2.51. The summed E-state index contributed by atoms with van der Waals surface area (Å²) in [5.74, 6) is 4.85. The second-order valence-electron chi connectivity index (χ2n) is 2.10. The van der Waals surface area contributed by atoms with Gasteiger partial charge in [-0.2, -0.15) is 5.26 Å². The van der Waals surface area contributed by atoms with Crippen LogP contribution < -0.4 is 5.73 Å². The van der Waals surface area contributed by atoms with Gasteiger partial charge in [0.25, 0.3) is 0 Å². The van der Waals surface area contributed by atoms with E-state index in [1.54, 1.807) is 24.3 Å². The van der Waals surface area contributed by atoms with E-state index in [0.717, 1.165) is 0 Å². The minimum atomic E-state index is 0.470. The number of benzene rings is 1. The first-order valence-corrected chi connectivity index (χ1v) is 3.57. The van der Waals surface area contributed by atoms with Crippen LogP contribution in [-0.2, 0) is 0 Å². The lowest BCUT2D eigenvalue weighted by Crippen LogP contribution is -1.85. The molecular weight excluding hydrogens is 172 g/mol. The molecule has 0 aliphatic carbocycles. The smallest absolute Gasteiger partial charge is 0.152 e. The van der Waals surface area contributed by atoms with Crippen LogP contribution in [-0.4, -0.2) is 0 Å². The van der Waals surface area contributed by atoms with Gasteiger partial charge in [0, 0.05) is 17.2 Å². The third-order valence-corrected chi connectivity index (χ3v) is 1.56. The van der Waals surface area contributed by atoms with Crippen molar-refractivity contribution in [3.8, 4) is 17.9 Å². The van der Waals surface area contributed by atoms with Crippen LogP contribution in [0.2, 0.25) is 5.02 Å². The quantitative estimate of drug-likeness (QED) is 0.484. The molecule has 0 heterocycles. The standard InChI is InChI=1S/C9H5ClN2/c10-9-6-8(12)4-3-7(9)2-1-5-11/h3-4,6H,12H2. The van der Waals surface area contributed by atoms with Crippen LogP contribution in [0, 0.1) is 23.2 Å². The highest BCUT2D eigenvalue weighted by molar-refractivity contribution is 6.32. The number of rotatable bonds is 0. The Morgan fingerprint density at radius 2 is 2.17 bits per heavy atom. The zero-order chi connectivity index (χ0) is 8.97. The molecule has 3 heteroatoms. The van der Waals surface area contributed by atoms with Gasteiger partial charge in [0.1, 0.15) is 0 Å². The van der Waals surface area contributed by atoms with Gasteiger partial charge < -0.3 is 5.73 Å². The van der Waals surface area contributed by atoms with Crippen molar-refractivity contribution in [3.63, 3.8) is 0 Å². The Kier molecular flexibility index (Phi) is 2.58. The zero-order valence-corrected chi connectivity index (χ0v) is 6.89. The summed E-state index contributed by atoms with van der Waals surface area (Å²) in [4.78, 5) is 0. The van der Waals surface area contributed by atoms with E-state index in [-0.39, 0.29) is 0 Å². The van der Waals surface area contributed by atoms with E-state index >= 15 is 0 Å². The molecule has 0 aliphatic heterocycles. The maximum absolute atomic E-state index is 8.18. The summed E-state index contributed by atoms with van der Waals surface area (Å²) >= 11 is 5.77. The zero-order valence-electron chi connectivity index (χ0n) is 6.13. The molecule has 2 nitrogen and oxygen atoms in total. The van der Waals surface area contributed by atoms with Gasteiger partial charge in [-0.3, -0.25) is 0 Å². The average Bonchev–Trinajstić information content (AvgIpc) is 2.03. The van der Waals surface area contributed by atoms with Gasteiger partial charge >= 0.3 is 0 Å². The second kappa shape index (κ2) is 3.67. The predicted molar refractivity (Wildman–Crippen MR) is 48.4 cm³/mol. The molecule has 1 rings (SSSR count). The van der Waals surface area contributed by atoms with Gasteiger partial charge in [-0.15, -0.1) is 0 Å². The van der Waals surface area contributed by atoms with E-state index in [1.807, 2.05) is 0 Å². The van der Waals surface area contributed by atoms with Crippen molar-refractivity contribution in [1.29, 1.82) is 5.26 Å². The van der Waals surface area contributed by atoms with Crippen LogP contribution >= 0.6 is 11.6 Å². The van der Waals surface area contributed by atoms with Gasteiger partial charge in [-0.25, -0.2) is 0 Å². The third kappa shape index (κ3) is 1.92. The first kappa shape index (κ1) is 8.46. The molecule has 0 saturated heterocycles. The summed E-state index contributed by atoms with van der Waals surface area (Å²) in [6.45, 7) is 0. The first-order chi connectivity index (χ1) is 5.74. The molecule has 0 aliphatic rings. The number of nitrogen functional groups attached to an aromatic ring is 1. The van der Waals surface area contributed by atoms with Crippen LogP contribution in [0.5, 0.6) is 0 Å². The van der Waals surface area contributed by atoms with E-state index < -0.39 is 0 Å². The summed E-state index contributed by atoms with van der Waals surface area (Å²) in [6.07, 6.45) is 0. The van der Waals surface area contributed by atoms with Gasteiger partial charge in [-0.05, 0) is 24.1 Å². The number of halogens is 1. The molecule has 0 aromatic heterocycles. The highest BCUT2D eigenvalue weighted by Crippen LogP contribution is 2.17. The van der Waals surface area contributed by atoms with Crippen molar-refractivity contribution in [2.75, 3.05) is 5.73 Å². The molecule has 0 amide bonds. The van der Waals surface area contributed by atoms with E-state index in [4.69, 9.17) is 22.6 Å². The molecule has 1 aromatic carbocycles. The summed E-state index contributed by atoms with van der Waals surface area (Å²) in [6, 6.07) is 6.68. The van der Waals surface area contributed by atoms with E-state index in [1.165, 1.54) is 0 Å². The normalized spacial score (nSPS) is 8.00. The lowest BCUT2D eigenvalue weighted by molar-refractivity contribution is 1.55. The lowest BCUT2D eigenvalue weighted by Gasteiger charge is -1.95. The molecule has 0 spiro atoms. The topological polar surface area (TPSA) is 49.8 Å². The van der Waals surface area contributed by atoms with Crippen molar-refractivity contribution >= 4 is 17.3 Å². The minimum absolute atomic E-state index is 0.470. The number of nitrogens with two attached hydrogens (primary N) is 1. The Morgan fingerprint density at radius 1 is 1.42 bits per heavy atom. The average molecular weight is 177 g/mol. The molecule has 0 atom stereocenters. The SMILES string of the molecule is N#CC#Cc1ccc(N)cc1Cl. The van der Waals surface area contributed by atoms with Gasteiger partial charge in [0.05, 0.1) is 5.02 Å². The highest BCUT2D eigenvalue weighted by Gasteiger charge is 1.95. The maximum Gasteiger partial charge on any atom is 0.152 e. The van der Waals surface area contributed by atoms with Crippen molar-refractivity contribution in [2.24, 2.45) is 0 Å². The number of anilines is 1. The van der Waals surface area contributed by atoms with Crippen LogP contribution in [0.4, 0.5) is 5.69 Å². The van der Waals surface area contributed by atoms with Gasteiger partial charge in [0.2, 0.25) is 0 Å². The van der Waals surface area contributed by atoms with E-state index in [9.17, 15) is 0 Å². The van der Waals surface area contributed by atoms with Crippen LogP contribution in [0.1, 0.15) is 5.56 Å². The fourth-order valence-electron chi connectivity index (χ4n) is 0.728.